The molecule has 0 aliphatic carbocycles. The van der Waals surface area contributed by atoms with E-state index in [0.29, 0.717) is 0 Å². The number of nitrogens with two attached hydrogens (primary N) is 1. The second-order valence-electron chi connectivity index (χ2n) is 3.86. The Labute approximate surface area is 110 Å². The number of nitrogen functional groups attached to an aromatic ring is 1. The Balaban J connectivity index is 2.16. The lowest BCUT2D eigenvalue weighted by Gasteiger charge is -2.07. The van der Waals surface area contributed by atoms with E-state index in [2.05, 4.69) is 9.71 Å². The molecule has 1 aromatic heterocycles. The predicted octanol–water partition coefficient (Wildman–Crippen LogP) is 1.28. The standard InChI is InChI=1S/C12H12FN3O2S/c13-11-7-10(1-2-12(11)14)19(17,18)16-8-9-3-5-15-6-4-9/h1-7,16H,8,14H2. The second-order valence-corrected chi connectivity index (χ2v) is 5.63. The average molecular weight is 281 g/mol. The Kier molecular flexibility index (Phi) is 3.77. The van der Waals surface area contributed by atoms with Gasteiger partial charge in [-0.05, 0) is 35.9 Å². The molecular formula is C12H12FN3O2S. The van der Waals surface area contributed by atoms with E-state index >= 15 is 0 Å². The Hall–Kier alpha value is -1.99. The molecule has 5 nitrogen and oxygen atoms in total. The van der Waals surface area contributed by atoms with E-state index in [1.165, 1.54) is 12.1 Å². The summed E-state index contributed by atoms with van der Waals surface area (Å²) in [6.07, 6.45) is 3.12. The van der Waals surface area contributed by atoms with Crippen LogP contribution in [0, 0.1) is 5.82 Å². The Morgan fingerprint density at radius 3 is 2.53 bits per heavy atom. The van der Waals surface area contributed by atoms with Crippen LogP contribution < -0.4 is 10.5 Å². The van der Waals surface area contributed by atoms with Gasteiger partial charge in [0.15, 0.2) is 0 Å². The molecule has 2 aromatic rings. The van der Waals surface area contributed by atoms with Crippen LogP contribution in [0.4, 0.5) is 10.1 Å². The number of benzene rings is 1. The number of rotatable bonds is 4. The summed E-state index contributed by atoms with van der Waals surface area (Å²) in [7, 11) is -3.76. The molecule has 0 spiro atoms. The van der Waals surface area contributed by atoms with Crippen LogP contribution in [0.2, 0.25) is 0 Å². The van der Waals surface area contributed by atoms with E-state index in [4.69, 9.17) is 5.73 Å². The minimum atomic E-state index is -3.76. The highest BCUT2D eigenvalue weighted by atomic mass is 32.2. The van der Waals surface area contributed by atoms with Crippen LogP contribution in [0.25, 0.3) is 0 Å². The molecule has 1 heterocycles. The fraction of sp³-hybridized carbons (Fsp3) is 0.0833. The van der Waals surface area contributed by atoms with E-state index in [9.17, 15) is 12.8 Å². The second kappa shape index (κ2) is 5.33. The van der Waals surface area contributed by atoms with Crippen molar-refractivity contribution in [1.82, 2.24) is 9.71 Å². The van der Waals surface area contributed by atoms with Gasteiger partial charge in [-0.2, -0.15) is 0 Å². The highest BCUT2D eigenvalue weighted by Crippen LogP contribution is 2.16. The van der Waals surface area contributed by atoms with Crippen LogP contribution in [0.5, 0.6) is 0 Å². The first-order chi connectivity index (χ1) is 8.99. The summed E-state index contributed by atoms with van der Waals surface area (Å²) in [4.78, 5) is 3.67. The first kappa shape index (κ1) is 13.4. The number of halogens is 1. The van der Waals surface area contributed by atoms with Crippen LogP contribution in [0.1, 0.15) is 5.56 Å². The number of nitrogens with zero attached hydrogens (tertiary/aromatic N) is 1. The Morgan fingerprint density at radius 1 is 1.21 bits per heavy atom. The van der Waals surface area contributed by atoms with Crippen molar-refractivity contribution in [3.63, 3.8) is 0 Å². The van der Waals surface area contributed by atoms with Crippen molar-refractivity contribution >= 4 is 15.7 Å². The molecule has 100 valence electrons. The summed E-state index contributed by atoms with van der Waals surface area (Å²) in [5.41, 5.74) is 5.97. The monoisotopic (exact) mass is 281 g/mol. The van der Waals surface area contributed by atoms with Gasteiger partial charge in [0.25, 0.3) is 0 Å². The van der Waals surface area contributed by atoms with Crippen molar-refractivity contribution in [3.8, 4) is 0 Å². The van der Waals surface area contributed by atoms with Gasteiger partial charge in [0.05, 0.1) is 10.6 Å². The van der Waals surface area contributed by atoms with Gasteiger partial charge in [-0.1, -0.05) is 0 Å². The van der Waals surface area contributed by atoms with Crippen LogP contribution in [-0.4, -0.2) is 13.4 Å². The number of sulfonamides is 1. The number of nitrogens with one attached hydrogen (secondary N) is 1. The minimum Gasteiger partial charge on any atom is -0.396 e. The number of anilines is 1. The molecule has 7 heteroatoms. The molecular weight excluding hydrogens is 269 g/mol. The van der Waals surface area contributed by atoms with Gasteiger partial charge in [0.2, 0.25) is 10.0 Å². The van der Waals surface area contributed by atoms with Crippen molar-refractivity contribution in [2.45, 2.75) is 11.4 Å². The molecule has 0 radical (unpaired) electrons. The molecule has 0 aliphatic rings. The van der Waals surface area contributed by atoms with E-state index in [0.717, 1.165) is 11.6 Å². The van der Waals surface area contributed by atoms with Gasteiger partial charge in [-0.15, -0.1) is 0 Å². The molecule has 0 saturated heterocycles. The molecule has 19 heavy (non-hydrogen) atoms. The third-order valence-electron chi connectivity index (χ3n) is 2.50. The third kappa shape index (κ3) is 3.27. The quantitative estimate of drug-likeness (QED) is 0.827. The maximum Gasteiger partial charge on any atom is 0.240 e. The summed E-state index contributed by atoms with van der Waals surface area (Å²) in [5.74, 6) is -0.758. The molecule has 2 rings (SSSR count). The van der Waals surface area contributed by atoms with Gasteiger partial charge in [-0.3, -0.25) is 4.98 Å². The van der Waals surface area contributed by atoms with Crippen molar-refractivity contribution in [3.05, 3.63) is 54.1 Å². The van der Waals surface area contributed by atoms with E-state index < -0.39 is 15.8 Å². The van der Waals surface area contributed by atoms with E-state index in [-0.39, 0.29) is 17.1 Å². The zero-order valence-electron chi connectivity index (χ0n) is 9.88. The number of aromatic nitrogens is 1. The molecule has 0 bridgehead atoms. The molecule has 0 atom stereocenters. The van der Waals surface area contributed by atoms with Crippen LogP contribution >= 0.6 is 0 Å². The molecule has 0 saturated carbocycles. The van der Waals surface area contributed by atoms with Gasteiger partial charge in [0, 0.05) is 18.9 Å². The normalized spacial score (nSPS) is 11.4. The molecule has 0 fully saturated rings. The van der Waals surface area contributed by atoms with Crippen LogP contribution in [0.15, 0.2) is 47.6 Å². The topological polar surface area (TPSA) is 85.1 Å². The minimum absolute atomic E-state index is 0.0897. The van der Waals surface area contributed by atoms with Crippen molar-refractivity contribution in [1.29, 1.82) is 0 Å². The number of pyridine rings is 1. The number of hydrogen-bond acceptors (Lipinski definition) is 4. The lowest BCUT2D eigenvalue weighted by atomic mass is 10.3. The summed E-state index contributed by atoms with van der Waals surface area (Å²) in [6.45, 7) is 0.108. The Morgan fingerprint density at radius 2 is 1.89 bits per heavy atom. The van der Waals surface area contributed by atoms with E-state index in [1.54, 1.807) is 24.5 Å². The molecule has 0 unspecified atom stereocenters. The van der Waals surface area contributed by atoms with Crippen molar-refractivity contribution in [2.75, 3.05) is 5.73 Å². The molecule has 1 aromatic carbocycles. The fourth-order valence-electron chi connectivity index (χ4n) is 1.44. The zero-order valence-corrected chi connectivity index (χ0v) is 10.7. The highest BCUT2D eigenvalue weighted by molar-refractivity contribution is 7.89. The van der Waals surface area contributed by atoms with Gasteiger partial charge in [0.1, 0.15) is 5.82 Å². The maximum absolute atomic E-state index is 13.2. The van der Waals surface area contributed by atoms with Crippen LogP contribution in [0.3, 0.4) is 0 Å². The third-order valence-corrected chi connectivity index (χ3v) is 3.90. The van der Waals surface area contributed by atoms with Gasteiger partial charge in [-0.25, -0.2) is 17.5 Å². The fourth-order valence-corrected chi connectivity index (χ4v) is 2.47. The summed E-state index contributed by atoms with van der Waals surface area (Å²) >= 11 is 0. The first-order valence-corrected chi connectivity index (χ1v) is 6.91. The Bertz CT molecular complexity index is 675. The number of hydrogen-bond donors (Lipinski definition) is 2. The van der Waals surface area contributed by atoms with E-state index in [1.807, 2.05) is 0 Å². The molecule has 3 N–H and O–H groups in total. The average Bonchev–Trinajstić information content (AvgIpc) is 2.41. The van der Waals surface area contributed by atoms with Gasteiger partial charge < -0.3 is 5.73 Å². The highest BCUT2D eigenvalue weighted by Gasteiger charge is 2.15. The summed E-state index contributed by atoms with van der Waals surface area (Å²) in [6, 6.07) is 6.74. The first-order valence-electron chi connectivity index (χ1n) is 5.42. The lowest BCUT2D eigenvalue weighted by molar-refractivity contribution is 0.578. The van der Waals surface area contributed by atoms with Crippen LogP contribution in [-0.2, 0) is 16.6 Å². The SMILES string of the molecule is Nc1ccc(S(=O)(=O)NCc2ccncc2)cc1F. The predicted molar refractivity (Wildman–Crippen MR) is 69.1 cm³/mol. The maximum atomic E-state index is 13.2. The van der Waals surface area contributed by atoms with Gasteiger partial charge >= 0.3 is 0 Å². The lowest BCUT2D eigenvalue weighted by Crippen LogP contribution is -2.23. The largest absolute Gasteiger partial charge is 0.396 e. The smallest absolute Gasteiger partial charge is 0.240 e. The molecule has 0 amide bonds. The summed E-state index contributed by atoms with van der Waals surface area (Å²) < 4.78 is 39.5. The zero-order chi connectivity index (χ0) is 13.9. The van der Waals surface area contributed by atoms with Crippen molar-refractivity contribution < 1.29 is 12.8 Å². The summed E-state index contributed by atoms with van der Waals surface area (Å²) in [5, 5.41) is 0. The van der Waals surface area contributed by atoms with Crippen molar-refractivity contribution in [2.24, 2.45) is 0 Å². The molecule has 0 aliphatic heterocycles.